The number of aliphatic imine (C=N–C) groups is 1. The molecule has 1 fully saturated rings. The average molecular weight is 218 g/mol. The maximum absolute atomic E-state index is 5.84. The summed E-state index contributed by atoms with van der Waals surface area (Å²) in [7, 11) is 0. The summed E-state index contributed by atoms with van der Waals surface area (Å²) in [5, 5.41) is 0. The molecule has 2 heterocycles. The second-order valence-electron chi connectivity index (χ2n) is 3.91. The summed E-state index contributed by atoms with van der Waals surface area (Å²) in [5.74, 6) is 0.911. The molecule has 0 aromatic heterocycles. The highest BCUT2D eigenvalue weighted by atomic mass is 16.5. The van der Waals surface area contributed by atoms with E-state index >= 15 is 0 Å². The highest BCUT2D eigenvalue weighted by Crippen LogP contribution is 2.23. The first kappa shape index (κ1) is 9.81. The molecule has 0 N–H and O–H groups in total. The first-order valence-electron chi connectivity index (χ1n) is 5.54. The summed E-state index contributed by atoms with van der Waals surface area (Å²) in [4.78, 5) is 6.61. The number of nitrogens with zero attached hydrogens (tertiary/aromatic N) is 2. The van der Waals surface area contributed by atoms with Crippen molar-refractivity contribution in [3.8, 4) is 5.75 Å². The van der Waals surface area contributed by atoms with Crippen LogP contribution in [-0.2, 0) is 4.74 Å². The molecule has 4 nitrogen and oxygen atoms in total. The van der Waals surface area contributed by atoms with E-state index in [0.29, 0.717) is 0 Å². The van der Waals surface area contributed by atoms with Crippen molar-refractivity contribution in [3.05, 3.63) is 29.8 Å². The van der Waals surface area contributed by atoms with Crippen LogP contribution in [0, 0.1) is 0 Å². The quantitative estimate of drug-likeness (QED) is 0.708. The lowest BCUT2D eigenvalue weighted by atomic mass is 10.2. The molecule has 1 atom stereocenters. The zero-order valence-corrected chi connectivity index (χ0v) is 9.00. The van der Waals surface area contributed by atoms with Gasteiger partial charge in [-0.1, -0.05) is 12.1 Å². The van der Waals surface area contributed by atoms with Gasteiger partial charge in [0.1, 0.15) is 5.75 Å². The predicted molar refractivity (Wildman–Crippen MR) is 60.8 cm³/mol. The number of hydrogen-bond donors (Lipinski definition) is 0. The zero-order chi connectivity index (χ0) is 10.8. The molecule has 16 heavy (non-hydrogen) atoms. The minimum atomic E-state index is -0.182. The van der Waals surface area contributed by atoms with Crippen LogP contribution >= 0.6 is 0 Å². The number of benzene rings is 1. The molecule has 1 aromatic carbocycles. The van der Waals surface area contributed by atoms with E-state index in [1.165, 1.54) is 0 Å². The highest BCUT2D eigenvalue weighted by molar-refractivity contribution is 5.84. The third-order valence-electron chi connectivity index (χ3n) is 2.85. The van der Waals surface area contributed by atoms with Crippen LogP contribution in [0.25, 0.3) is 0 Å². The van der Waals surface area contributed by atoms with Gasteiger partial charge in [0.15, 0.2) is 0 Å². The lowest BCUT2D eigenvalue weighted by Crippen LogP contribution is -2.46. The average Bonchev–Trinajstić information content (AvgIpc) is 2.39. The monoisotopic (exact) mass is 218 g/mol. The van der Waals surface area contributed by atoms with E-state index in [-0.39, 0.29) is 6.35 Å². The Hall–Kier alpha value is -1.39. The fraction of sp³-hybridized carbons (Fsp3) is 0.417. The summed E-state index contributed by atoms with van der Waals surface area (Å²) in [5.41, 5.74) is 1.05. The zero-order valence-electron chi connectivity index (χ0n) is 9.00. The van der Waals surface area contributed by atoms with Crippen LogP contribution in [0.15, 0.2) is 29.3 Å². The van der Waals surface area contributed by atoms with E-state index in [4.69, 9.17) is 9.47 Å². The third kappa shape index (κ3) is 1.81. The lowest BCUT2D eigenvalue weighted by Gasteiger charge is -2.33. The van der Waals surface area contributed by atoms with Crippen LogP contribution in [0.5, 0.6) is 5.75 Å². The van der Waals surface area contributed by atoms with Crippen molar-refractivity contribution >= 4 is 6.21 Å². The Morgan fingerprint density at radius 2 is 2.00 bits per heavy atom. The third-order valence-corrected chi connectivity index (χ3v) is 2.85. The molecule has 1 aromatic rings. The van der Waals surface area contributed by atoms with E-state index in [2.05, 4.69) is 9.89 Å². The van der Waals surface area contributed by atoms with Crippen molar-refractivity contribution in [2.24, 2.45) is 4.99 Å². The molecule has 0 spiro atoms. The topological polar surface area (TPSA) is 34.1 Å². The summed E-state index contributed by atoms with van der Waals surface area (Å²) >= 11 is 0. The fourth-order valence-electron chi connectivity index (χ4n) is 1.95. The number of morpholine rings is 1. The Labute approximate surface area is 94.5 Å². The molecular weight excluding hydrogens is 204 g/mol. The molecule has 0 bridgehead atoms. The normalized spacial score (nSPS) is 24.9. The summed E-state index contributed by atoms with van der Waals surface area (Å²) < 4.78 is 11.2. The van der Waals surface area contributed by atoms with Gasteiger partial charge in [0.05, 0.1) is 13.2 Å². The number of ether oxygens (including phenoxy) is 2. The maximum atomic E-state index is 5.84. The number of fused-ring (bicyclic) bond motifs is 1. The Bertz CT molecular complexity index is 400. The van der Waals surface area contributed by atoms with Crippen LogP contribution in [0.4, 0.5) is 0 Å². The SMILES string of the molecule is C1=NC(N2CCOCC2)Oc2ccccc21. The van der Waals surface area contributed by atoms with Gasteiger partial charge in [-0.2, -0.15) is 0 Å². The van der Waals surface area contributed by atoms with Crippen molar-refractivity contribution < 1.29 is 9.47 Å². The smallest absolute Gasteiger partial charge is 0.249 e. The standard InChI is InChI=1S/C12H14N2O2/c1-2-4-11-10(3-1)9-13-12(16-11)14-5-7-15-8-6-14/h1-4,9,12H,5-8H2. The fourth-order valence-corrected chi connectivity index (χ4v) is 1.95. The number of para-hydroxylation sites is 1. The van der Waals surface area contributed by atoms with Gasteiger partial charge in [-0.3, -0.25) is 0 Å². The Balaban J connectivity index is 1.77. The van der Waals surface area contributed by atoms with Gasteiger partial charge >= 0.3 is 0 Å². The van der Waals surface area contributed by atoms with Crippen LogP contribution in [0.2, 0.25) is 0 Å². The van der Waals surface area contributed by atoms with Crippen molar-refractivity contribution in [2.45, 2.75) is 6.35 Å². The van der Waals surface area contributed by atoms with E-state index < -0.39 is 0 Å². The van der Waals surface area contributed by atoms with Crippen LogP contribution in [0.3, 0.4) is 0 Å². The largest absolute Gasteiger partial charge is 0.455 e. The van der Waals surface area contributed by atoms with E-state index in [1.807, 2.05) is 30.5 Å². The van der Waals surface area contributed by atoms with Gasteiger partial charge in [0, 0.05) is 24.9 Å². The number of rotatable bonds is 1. The lowest BCUT2D eigenvalue weighted by molar-refractivity contribution is -0.0425. The van der Waals surface area contributed by atoms with E-state index in [9.17, 15) is 0 Å². The van der Waals surface area contributed by atoms with Crippen molar-refractivity contribution in [2.75, 3.05) is 26.3 Å². The Morgan fingerprint density at radius 3 is 2.88 bits per heavy atom. The minimum Gasteiger partial charge on any atom is -0.455 e. The summed E-state index contributed by atoms with van der Waals surface area (Å²) in [6.45, 7) is 3.28. The van der Waals surface area contributed by atoms with Crippen LogP contribution < -0.4 is 4.74 Å². The summed E-state index contributed by atoms with van der Waals surface area (Å²) in [6, 6.07) is 7.96. The molecule has 84 valence electrons. The minimum absolute atomic E-state index is 0.182. The molecule has 0 aliphatic carbocycles. The van der Waals surface area contributed by atoms with Crippen molar-refractivity contribution in [1.82, 2.24) is 4.90 Å². The summed E-state index contributed by atoms with van der Waals surface area (Å²) in [6.07, 6.45) is 1.71. The first-order valence-corrected chi connectivity index (χ1v) is 5.54. The van der Waals surface area contributed by atoms with Gasteiger partial charge in [-0.05, 0) is 12.1 Å². The van der Waals surface area contributed by atoms with Gasteiger partial charge in [-0.15, -0.1) is 0 Å². The molecule has 3 rings (SSSR count). The van der Waals surface area contributed by atoms with Crippen molar-refractivity contribution in [1.29, 1.82) is 0 Å². The molecule has 1 unspecified atom stereocenters. The second kappa shape index (κ2) is 4.23. The number of hydrogen-bond acceptors (Lipinski definition) is 4. The molecule has 2 aliphatic heterocycles. The van der Waals surface area contributed by atoms with Gasteiger partial charge in [0.25, 0.3) is 0 Å². The molecule has 2 aliphatic rings. The van der Waals surface area contributed by atoms with Crippen LogP contribution in [-0.4, -0.2) is 43.8 Å². The molecule has 0 saturated carbocycles. The van der Waals surface area contributed by atoms with Crippen molar-refractivity contribution in [3.63, 3.8) is 0 Å². The molecule has 0 amide bonds. The van der Waals surface area contributed by atoms with Gasteiger partial charge in [0.2, 0.25) is 6.35 Å². The van der Waals surface area contributed by atoms with Crippen LogP contribution in [0.1, 0.15) is 5.56 Å². The first-order chi connectivity index (χ1) is 7.93. The van der Waals surface area contributed by atoms with Gasteiger partial charge in [-0.25, -0.2) is 9.89 Å². The van der Waals surface area contributed by atoms with E-state index in [1.54, 1.807) is 0 Å². The second-order valence-corrected chi connectivity index (χ2v) is 3.91. The molecule has 0 radical (unpaired) electrons. The maximum Gasteiger partial charge on any atom is 0.249 e. The highest BCUT2D eigenvalue weighted by Gasteiger charge is 2.24. The Kier molecular flexibility index (Phi) is 2.60. The Morgan fingerprint density at radius 1 is 1.19 bits per heavy atom. The van der Waals surface area contributed by atoms with Gasteiger partial charge < -0.3 is 9.47 Å². The van der Waals surface area contributed by atoms with E-state index in [0.717, 1.165) is 37.6 Å². The predicted octanol–water partition coefficient (Wildman–Crippen LogP) is 1.11. The molecule has 4 heteroatoms. The molecule has 1 saturated heterocycles. The molecular formula is C12H14N2O2.